The predicted molar refractivity (Wildman–Crippen MR) is 149 cm³/mol. The molecule has 5 nitrogen and oxygen atoms in total. The number of rotatable bonds is 3. The second-order valence-electron chi connectivity index (χ2n) is 9.60. The van der Waals surface area contributed by atoms with E-state index >= 15 is 0 Å². The normalized spacial score (nSPS) is 16.8. The molecule has 0 saturated carbocycles. The number of fused-ring (bicyclic) bond motifs is 4. The van der Waals surface area contributed by atoms with Crippen molar-refractivity contribution in [1.29, 1.82) is 0 Å². The van der Waals surface area contributed by atoms with E-state index in [1.165, 1.54) is 28.0 Å². The fourth-order valence-corrected chi connectivity index (χ4v) is 6.73. The maximum absolute atomic E-state index is 14.1. The van der Waals surface area contributed by atoms with Crippen molar-refractivity contribution in [3.8, 4) is 5.75 Å². The number of aryl methyl sites for hydroxylation is 2. The van der Waals surface area contributed by atoms with E-state index in [4.69, 9.17) is 9.73 Å². The standard InChI is InChI=1S/C31H25N3O2S/c1-18-25(23-12-5-6-13-26(23)32-18)17-27-30(35)34-29(20-9-7-10-21(16-20)36-2)24-15-14-19-8-3-4-11-22(19)28(24)33-31(34)37-27/h3-13,16-17,29,32H,14-15H2,1-2H3. The molecular formula is C31H25N3O2S. The first-order chi connectivity index (χ1) is 18.1. The number of ether oxygens (including phenoxy) is 1. The highest BCUT2D eigenvalue weighted by molar-refractivity contribution is 7.07. The number of H-pyrrole nitrogens is 1. The Kier molecular flexibility index (Phi) is 5.04. The largest absolute Gasteiger partial charge is 0.497 e. The van der Waals surface area contributed by atoms with Crippen LogP contribution < -0.4 is 19.6 Å². The minimum atomic E-state index is -0.221. The Hall–Kier alpha value is -4.16. The van der Waals surface area contributed by atoms with Gasteiger partial charge in [0.1, 0.15) is 5.75 Å². The van der Waals surface area contributed by atoms with Crippen LogP contribution in [0.1, 0.15) is 40.4 Å². The Labute approximate surface area is 217 Å². The van der Waals surface area contributed by atoms with Gasteiger partial charge in [0.25, 0.3) is 5.56 Å². The van der Waals surface area contributed by atoms with Gasteiger partial charge in [0, 0.05) is 27.7 Å². The van der Waals surface area contributed by atoms with E-state index in [0.29, 0.717) is 4.53 Å². The van der Waals surface area contributed by atoms with Crippen LogP contribution in [0.25, 0.3) is 22.7 Å². The molecule has 5 aromatic rings. The van der Waals surface area contributed by atoms with Gasteiger partial charge in [-0.05, 0) is 60.7 Å². The van der Waals surface area contributed by atoms with Crippen molar-refractivity contribution in [2.45, 2.75) is 25.8 Å². The molecule has 0 bridgehead atoms. The summed E-state index contributed by atoms with van der Waals surface area (Å²) in [7, 11) is 1.68. The van der Waals surface area contributed by atoms with E-state index in [2.05, 4.69) is 54.4 Å². The Morgan fingerprint density at radius 1 is 1.05 bits per heavy atom. The second-order valence-corrected chi connectivity index (χ2v) is 10.6. The number of methoxy groups -OCH3 is 1. The van der Waals surface area contributed by atoms with Crippen LogP contribution in [0.3, 0.4) is 0 Å². The van der Waals surface area contributed by atoms with Gasteiger partial charge >= 0.3 is 0 Å². The zero-order valence-electron chi connectivity index (χ0n) is 20.6. The van der Waals surface area contributed by atoms with Gasteiger partial charge in [-0.15, -0.1) is 0 Å². The summed E-state index contributed by atoms with van der Waals surface area (Å²) < 4.78 is 8.13. The summed E-state index contributed by atoms with van der Waals surface area (Å²) in [5.41, 5.74) is 8.87. The third-order valence-corrected chi connectivity index (χ3v) is 8.48. The maximum atomic E-state index is 14.1. The Morgan fingerprint density at radius 2 is 1.89 bits per heavy atom. The van der Waals surface area contributed by atoms with Crippen molar-refractivity contribution in [3.63, 3.8) is 0 Å². The molecule has 1 aliphatic carbocycles. The summed E-state index contributed by atoms with van der Waals surface area (Å²) in [4.78, 5) is 23.4. The van der Waals surface area contributed by atoms with Gasteiger partial charge in [0.2, 0.25) is 0 Å². The fraction of sp³-hybridized carbons (Fsp3) is 0.161. The molecule has 0 fully saturated rings. The molecule has 37 heavy (non-hydrogen) atoms. The third-order valence-electron chi connectivity index (χ3n) is 7.50. The number of hydrogen-bond donors (Lipinski definition) is 1. The van der Waals surface area contributed by atoms with Crippen LogP contribution in [0.4, 0.5) is 0 Å². The first-order valence-electron chi connectivity index (χ1n) is 12.5. The summed E-state index contributed by atoms with van der Waals surface area (Å²) in [6.45, 7) is 2.05. The Balaban J connectivity index is 1.51. The predicted octanol–water partition coefficient (Wildman–Crippen LogP) is 5.12. The van der Waals surface area contributed by atoms with Crippen LogP contribution in [-0.2, 0) is 6.42 Å². The number of thiazole rings is 1. The summed E-state index contributed by atoms with van der Waals surface area (Å²) in [6, 6.07) is 24.6. The highest BCUT2D eigenvalue weighted by Crippen LogP contribution is 2.41. The molecule has 3 aromatic carbocycles. The summed E-state index contributed by atoms with van der Waals surface area (Å²) >= 11 is 1.47. The first-order valence-corrected chi connectivity index (χ1v) is 13.3. The third kappa shape index (κ3) is 3.44. The number of para-hydroxylation sites is 1. The van der Waals surface area contributed by atoms with E-state index in [1.54, 1.807) is 7.11 Å². The van der Waals surface area contributed by atoms with Gasteiger partial charge < -0.3 is 9.72 Å². The lowest BCUT2D eigenvalue weighted by Crippen LogP contribution is -2.38. The number of aromatic nitrogens is 2. The molecule has 7 rings (SSSR count). The zero-order chi connectivity index (χ0) is 25.1. The van der Waals surface area contributed by atoms with Gasteiger partial charge in [-0.3, -0.25) is 9.36 Å². The van der Waals surface area contributed by atoms with Crippen LogP contribution in [0, 0.1) is 6.92 Å². The number of nitrogens with zero attached hydrogens (tertiary/aromatic N) is 2. The lowest BCUT2D eigenvalue weighted by atomic mass is 9.83. The van der Waals surface area contributed by atoms with E-state index < -0.39 is 0 Å². The Bertz CT molecular complexity index is 1920. The van der Waals surface area contributed by atoms with Gasteiger partial charge in [-0.2, -0.15) is 0 Å². The molecule has 0 amide bonds. The van der Waals surface area contributed by atoms with Gasteiger partial charge in [-0.1, -0.05) is 65.9 Å². The molecule has 1 aliphatic heterocycles. The molecule has 1 N–H and O–H groups in total. The Morgan fingerprint density at radius 3 is 2.78 bits per heavy atom. The fourth-order valence-electron chi connectivity index (χ4n) is 5.75. The van der Waals surface area contributed by atoms with E-state index in [0.717, 1.165) is 56.8 Å². The minimum absolute atomic E-state index is 0.00772. The van der Waals surface area contributed by atoms with Crippen molar-refractivity contribution >= 4 is 34.0 Å². The number of aromatic amines is 1. The van der Waals surface area contributed by atoms with Gasteiger partial charge in [-0.25, -0.2) is 4.99 Å². The van der Waals surface area contributed by atoms with E-state index in [1.807, 2.05) is 41.0 Å². The second kappa shape index (κ2) is 8.46. The molecule has 6 heteroatoms. The smallest absolute Gasteiger partial charge is 0.271 e. The molecule has 182 valence electrons. The van der Waals surface area contributed by atoms with E-state index in [9.17, 15) is 4.79 Å². The van der Waals surface area contributed by atoms with Crippen LogP contribution in [-0.4, -0.2) is 16.7 Å². The van der Waals surface area contributed by atoms with Crippen molar-refractivity contribution in [2.75, 3.05) is 7.11 Å². The quantitative estimate of drug-likeness (QED) is 0.372. The average Bonchev–Trinajstić information content (AvgIpc) is 3.42. The molecule has 2 aliphatic rings. The first kappa shape index (κ1) is 22.1. The maximum Gasteiger partial charge on any atom is 0.271 e. The molecule has 0 spiro atoms. The minimum Gasteiger partial charge on any atom is -0.497 e. The van der Waals surface area contributed by atoms with Crippen LogP contribution in [0.2, 0.25) is 0 Å². The molecule has 1 atom stereocenters. The van der Waals surface area contributed by atoms with Crippen LogP contribution >= 0.6 is 11.3 Å². The molecule has 2 aromatic heterocycles. The molecule has 0 radical (unpaired) electrons. The van der Waals surface area contributed by atoms with Crippen molar-refractivity contribution in [2.24, 2.45) is 4.99 Å². The van der Waals surface area contributed by atoms with Crippen molar-refractivity contribution in [3.05, 3.63) is 126 Å². The lowest BCUT2D eigenvalue weighted by molar-refractivity contribution is 0.413. The SMILES string of the molecule is COc1cccc(C2C3=C(N=c4sc(=Cc5c(C)[nH]c6ccccc56)c(=O)n42)c2ccccc2CC3)c1. The molecule has 1 unspecified atom stereocenters. The summed E-state index contributed by atoms with van der Waals surface area (Å²) in [5, 5.41) is 1.11. The average molecular weight is 504 g/mol. The summed E-state index contributed by atoms with van der Waals surface area (Å²) in [5.74, 6) is 0.782. The summed E-state index contributed by atoms with van der Waals surface area (Å²) in [6.07, 6.45) is 3.82. The monoisotopic (exact) mass is 503 g/mol. The van der Waals surface area contributed by atoms with E-state index in [-0.39, 0.29) is 11.6 Å². The number of allylic oxidation sites excluding steroid dienone is 1. The molecule has 0 saturated heterocycles. The number of nitrogens with one attached hydrogen (secondary N) is 1. The van der Waals surface area contributed by atoms with Crippen LogP contribution in [0.15, 0.2) is 88.2 Å². The van der Waals surface area contributed by atoms with Gasteiger partial charge in [0.05, 0.1) is 23.4 Å². The topological polar surface area (TPSA) is 59.4 Å². The zero-order valence-corrected chi connectivity index (χ0v) is 21.4. The number of hydrogen-bond acceptors (Lipinski definition) is 4. The van der Waals surface area contributed by atoms with Crippen molar-refractivity contribution < 1.29 is 4.74 Å². The lowest BCUT2D eigenvalue weighted by Gasteiger charge is -2.31. The van der Waals surface area contributed by atoms with Crippen molar-refractivity contribution in [1.82, 2.24) is 9.55 Å². The molecular weight excluding hydrogens is 478 g/mol. The number of benzene rings is 3. The molecule has 3 heterocycles. The highest BCUT2D eigenvalue weighted by Gasteiger charge is 2.32. The highest BCUT2D eigenvalue weighted by atomic mass is 32.1. The van der Waals surface area contributed by atoms with Gasteiger partial charge in [0.15, 0.2) is 4.80 Å². The van der Waals surface area contributed by atoms with Crippen LogP contribution in [0.5, 0.6) is 5.75 Å².